The zero-order chi connectivity index (χ0) is 24.9. The highest BCUT2D eigenvalue weighted by Gasteiger charge is 2.36. The summed E-state index contributed by atoms with van der Waals surface area (Å²) in [4.78, 5) is 34.6. The van der Waals surface area contributed by atoms with Crippen LogP contribution in [0.1, 0.15) is 39.9 Å². The van der Waals surface area contributed by atoms with E-state index in [1.807, 2.05) is 55.5 Å². The molecule has 0 bridgehead atoms. The first-order valence-corrected chi connectivity index (χ1v) is 11.9. The molecule has 0 fully saturated rings. The van der Waals surface area contributed by atoms with Gasteiger partial charge in [0, 0.05) is 31.4 Å². The van der Waals surface area contributed by atoms with Crippen LogP contribution < -0.4 is 5.32 Å². The van der Waals surface area contributed by atoms with Crippen molar-refractivity contribution >= 4 is 28.9 Å². The van der Waals surface area contributed by atoms with Crippen LogP contribution in [0.3, 0.4) is 0 Å². The monoisotopic (exact) mass is 468 g/mol. The lowest BCUT2D eigenvalue weighted by Gasteiger charge is -2.16. The van der Waals surface area contributed by atoms with Gasteiger partial charge in [-0.05, 0) is 68.4 Å². The van der Waals surface area contributed by atoms with E-state index in [1.165, 1.54) is 5.56 Å². The number of hydrogen-bond donors (Lipinski definition) is 1. The minimum absolute atomic E-state index is 0.0701. The molecule has 1 N–H and O–H groups in total. The largest absolute Gasteiger partial charge is 0.342 e. The molecule has 0 aliphatic carbocycles. The summed E-state index contributed by atoms with van der Waals surface area (Å²) in [7, 11) is 5.90. The Labute approximate surface area is 207 Å². The van der Waals surface area contributed by atoms with Gasteiger partial charge >= 0.3 is 0 Å². The number of carbonyl (C=O) groups is 2. The third-order valence-corrected chi connectivity index (χ3v) is 6.33. The van der Waals surface area contributed by atoms with Crippen LogP contribution in [0.4, 0.5) is 11.4 Å². The standard InChI is InChI=1S/C29H32N4O2/c1-5-33(4)29(35)22-13-16-24-25(19-22)31-28(34)26(24)27(21-9-7-6-8-10-21)30-23-14-11-20(12-15-23)17-18-32(2)3/h6-16,19,26H,5,17-18H2,1-4H3,(H,31,34). The molecule has 4 rings (SSSR count). The Bertz CT molecular complexity index is 1230. The second-order valence-electron chi connectivity index (χ2n) is 9.13. The van der Waals surface area contributed by atoms with Crippen molar-refractivity contribution < 1.29 is 9.59 Å². The van der Waals surface area contributed by atoms with E-state index in [0.717, 1.165) is 29.8 Å². The third-order valence-electron chi connectivity index (χ3n) is 6.33. The van der Waals surface area contributed by atoms with Crippen LogP contribution >= 0.6 is 0 Å². The van der Waals surface area contributed by atoms with Gasteiger partial charge in [-0.25, -0.2) is 0 Å². The lowest BCUT2D eigenvalue weighted by molar-refractivity contribution is -0.115. The maximum atomic E-state index is 13.2. The van der Waals surface area contributed by atoms with Crippen molar-refractivity contribution in [1.29, 1.82) is 0 Å². The molecule has 6 heteroatoms. The Morgan fingerprint density at radius 1 is 0.943 bits per heavy atom. The quantitative estimate of drug-likeness (QED) is 0.486. The number of rotatable bonds is 8. The van der Waals surface area contributed by atoms with E-state index in [9.17, 15) is 9.59 Å². The topological polar surface area (TPSA) is 65.0 Å². The maximum absolute atomic E-state index is 13.2. The highest BCUT2D eigenvalue weighted by atomic mass is 16.2. The fourth-order valence-corrected chi connectivity index (χ4v) is 4.16. The predicted molar refractivity (Wildman–Crippen MR) is 142 cm³/mol. The summed E-state index contributed by atoms with van der Waals surface area (Å²) in [6, 6.07) is 23.4. The predicted octanol–water partition coefficient (Wildman–Crippen LogP) is 4.74. The number of carbonyl (C=O) groups excluding carboxylic acids is 2. The number of anilines is 1. The van der Waals surface area contributed by atoms with Crippen molar-refractivity contribution in [3.8, 4) is 0 Å². The summed E-state index contributed by atoms with van der Waals surface area (Å²) in [6.45, 7) is 3.53. The van der Waals surface area contributed by atoms with Crippen LogP contribution in [-0.4, -0.2) is 61.6 Å². The molecule has 1 heterocycles. The summed E-state index contributed by atoms with van der Waals surface area (Å²) in [5.41, 5.74) is 5.68. The van der Waals surface area contributed by atoms with E-state index in [4.69, 9.17) is 4.99 Å². The number of hydrogen-bond acceptors (Lipinski definition) is 4. The van der Waals surface area contributed by atoms with Gasteiger partial charge in [-0.3, -0.25) is 14.6 Å². The van der Waals surface area contributed by atoms with Crippen molar-refractivity contribution in [1.82, 2.24) is 9.80 Å². The minimum Gasteiger partial charge on any atom is -0.342 e. The Morgan fingerprint density at radius 3 is 2.31 bits per heavy atom. The number of fused-ring (bicyclic) bond motifs is 1. The van der Waals surface area contributed by atoms with E-state index in [0.29, 0.717) is 23.5 Å². The molecular formula is C29H32N4O2. The third kappa shape index (κ3) is 5.49. The second-order valence-corrected chi connectivity index (χ2v) is 9.13. The Balaban J connectivity index is 1.71. The number of nitrogens with zero attached hydrogens (tertiary/aromatic N) is 3. The SMILES string of the molecule is CCN(C)C(=O)c1ccc2c(c1)NC(=O)C2C(=Nc1ccc(CCN(C)C)cc1)c1ccccc1. The Hall–Kier alpha value is -3.77. The van der Waals surface area contributed by atoms with Gasteiger partial charge in [-0.2, -0.15) is 0 Å². The number of aliphatic imine (C=N–C) groups is 1. The molecule has 35 heavy (non-hydrogen) atoms. The number of benzene rings is 3. The van der Waals surface area contributed by atoms with Gasteiger partial charge in [0.05, 0.1) is 11.4 Å². The summed E-state index contributed by atoms with van der Waals surface area (Å²) >= 11 is 0. The summed E-state index contributed by atoms with van der Waals surface area (Å²) in [5, 5.41) is 2.98. The molecule has 0 saturated carbocycles. The van der Waals surface area contributed by atoms with Crippen molar-refractivity contribution in [2.75, 3.05) is 39.5 Å². The average Bonchev–Trinajstić information content (AvgIpc) is 3.20. The molecular weight excluding hydrogens is 436 g/mol. The first-order chi connectivity index (χ1) is 16.9. The van der Waals surface area contributed by atoms with Crippen molar-refractivity contribution in [3.05, 3.63) is 95.1 Å². The van der Waals surface area contributed by atoms with Crippen LogP contribution in [-0.2, 0) is 11.2 Å². The molecule has 2 amide bonds. The van der Waals surface area contributed by atoms with Gasteiger partial charge in [-0.1, -0.05) is 48.5 Å². The number of likely N-dealkylation sites (N-methyl/N-ethyl adjacent to an activating group) is 1. The number of amides is 2. The summed E-state index contributed by atoms with van der Waals surface area (Å²) in [6.07, 6.45) is 0.967. The van der Waals surface area contributed by atoms with Crippen LogP contribution in [0, 0.1) is 0 Å². The van der Waals surface area contributed by atoms with Gasteiger partial charge in [0.1, 0.15) is 5.92 Å². The van der Waals surface area contributed by atoms with Crippen LogP contribution in [0.2, 0.25) is 0 Å². The number of nitrogens with one attached hydrogen (secondary N) is 1. The van der Waals surface area contributed by atoms with Gasteiger partial charge < -0.3 is 15.1 Å². The lowest BCUT2D eigenvalue weighted by atomic mass is 9.90. The molecule has 6 nitrogen and oxygen atoms in total. The van der Waals surface area contributed by atoms with E-state index in [1.54, 1.807) is 24.1 Å². The van der Waals surface area contributed by atoms with Crippen LogP contribution in [0.15, 0.2) is 77.8 Å². The minimum atomic E-state index is -0.561. The lowest BCUT2D eigenvalue weighted by Crippen LogP contribution is -2.26. The zero-order valence-corrected chi connectivity index (χ0v) is 20.8. The normalized spacial score (nSPS) is 15.2. The van der Waals surface area contributed by atoms with E-state index < -0.39 is 5.92 Å². The first kappa shape index (κ1) is 24.4. The highest BCUT2D eigenvalue weighted by molar-refractivity contribution is 6.24. The maximum Gasteiger partial charge on any atom is 0.253 e. The van der Waals surface area contributed by atoms with Crippen molar-refractivity contribution in [2.24, 2.45) is 4.99 Å². The van der Waals surface area contributed by atoms with Gasteiger partial charge in [0.15, 0.2) is 0 Å². The Morgan fingerprint density at radius 2 is 1.66 bits per heavy atom. The van der Waals surface area contributed by atoms with E-state index >= 15 is 0 Å². The van der Waals surface area contributed by atoms with Crippen molar-refractivity contribution in [3.63, 3.8) is 0 Å². The highest BCUT2D eigenvalue weighted by Crippen LogP contribution is 2.37. The van der Waals surface area contributed by atoms with Crippen molar-refractivity contribution in [2.45, 2.75) is 19.3 Å². The van der Waals surface area contributed by atoms with Gasteiger partial charge in [0.2, 0.25) is 5.91 Å². The molecule has 0 radical (unpaired) electrons. The molecule has 1 aliphatic heterocycles. The average molecular weight is 469 g/mol. The van der Waals surface area contributed by atoms with E-state index in [2.05, 4.69) is 36.4 Å². The summed E-state index contributed by atoms with van der Waals surface area (Å²) < 4.78 is 0. The van der Waals surface area contributed by atoms with Gasteiger partial charge in [-0.15, -0.1) is 0 Å². The second kappa shape index (κ2) is 10.7. The smallest absolute Gasteiger partial charge is 0.253 e. The molecule has 1 unspecified atom stereocenters. The van der Waals surface area contributed by atoms with Crippen LogP contribution in [0.25, 0.3) is 0 Å². The fourth-order valence-electron chi connectivity index (χ4n) is 4.16. The molecule has 0 aromatic heterocycles. The molecule has 1 aliphatic rings. The van der Waals surface area contributed by atoms with Gasteiger partial charge in [0.25, 0.3) is 5.91 Å². The summed E-state index contributed by atoms with van der Waals surface area (Å²) in [5.74, 6) is -0.771. The fraction of sp³-hybridized carbons (Fsp3) is 0.276. The molecule has 180 valence electrons. The zero-order valence-electron chi connectivity index (χ0n) is 20.8. The Kier molecular flexibility index (Phi) is 7.42. The molecule has 1 atom stereocenters. The van der Waals surface area contributed by atoms with E-state index in [-0.39, 0.29) is 11.8 Å². The molecule has 0 saturated heterocycles. The molecule has 0 spiro atoms. The molecule has 3 aromatic rings. The first-order valence-electron chi connectivity index (χ1n) is 11.9. The molecule has 3 aromatic carbocycles. The van der Waals surface area contributed by atoms with Crippen LogP contribution in [0.5, 0.6) is 0 Å².